The summed E-state index contributed by atoms with van der Waals surface area (Å²) in [6.45, 7) is 0. The van der Waals surface area contributed by atoms with Crippen LogP contribution in [0.5, 0.6) is 11.5 Å². The Labute approximate surface area is 431 Å². The Morgan fingerprint density at radius 1 is 0.338 bits per heavy atom. The van der Waals surface area contributed by atoms with Crippen LogP contribution in [0.2, 0.25) is 0 Å². The van der Waals surface area contributed by atoms with E-state index in [1.165, 1.54) is 0 Å². The molecular formula is C70H47N3O. The quantitative estimate of drug-likeness (QED) is 0.0955. The zero-order valence-corrected chi connectivity index (χ0v) is 40.4. The summed E-state index contributed by atoms with van der Waals surface area (Å²) in [6, 6.07) is 101. The lowest BCUT2D eigenvalue weighted by Gasteiger charge is -2.20. The maximum Gasteiger partial charge on any atom is 0.269 e. The molecule has 0 saturated heterocycles. The lowest BCUT2D eigenvalue weighted by molar-refractivity contribution is -0.571. The molecule has 2 heterocycles. The molecule has 4 heteroatoms. The molecule has 0 aliphatic carbocycles. The molecule has 0 amide bonds. The van der Waals surface area contributed by atoms with Crippen LogP contribution in [0.3, 0.4) is 0 Å². The minimum Gasteiger partial charge on any atom is -0.458 e. The fourth-order valence-corrected chi connectivity index (χ4v) is 10.2. The molecule has 348 valence electrons. The van der Waals surface area contributed by atoms with E-state index in [0.29, 0.717) is 5.75 Å². The van der Waals surface area contributed by atoms with Gasteiger partial charge < -0.3 is 4.74 Å². The van der Waals surface area contributed by atoms with Gasteiger partial charge in [0.05, 0.1) is 33.6 Å². The molecule has 4 nitrogen and oxygen atoms in total. The Balaban J connectivity index is 1.00. The van der Waals surface area contributed by atoms with Gasteiger partial charge in [-0.1, -0.05) is 206 Å². The van der Waals surface area contributed by atoms with Gasteiger partial charge in [-0.25, -0.2) is 4.98 Å². The highest BCUT2D eigenvalue weighted by Gasteiger charge is 2.22. The van der Waals surface area contributed by atoms with Crippen LogP contribution in [0.1, 0.15) is 0 Å². The second kappa shape index (κ2) is 19.4. The summed E-state index contributed by atoms with van der Waals surface area (Å²) in [5.41, 5.74) is 20.3. The molecule has 0 fully saturated rings. The number of hydrogen-bond donors (Lipinski definition) is 0. The number of aromatic nitrogens is 3. The van der Waals surface area contributed by atoms with Crippen molar-refractivity contribution in [2.45, 2.75) is 0 Å². The molecule has 0 aliphatic heterocycles. The molecular weight excluding hydrogens is 899 g/mol. The third kappa shape index (κ3) is 8.71. The smallest absolute Gasteiger partial charge is 0.269 e. The molecule has 74 heavy (non-hydrogen) atoms. The number of para-hydroxylation sites is 4. The van der Waals surface area contributed by atoms with Crippen molar-refractivity contribution in [2.75, 3.05) is 0 Å². The van der Waals surface area contributed by atoms with Crippen molar-refractivity contribution in [2.24, 2.45) is 0 Å². The Morgan fingerprint density at radius 3 is 1.38 bits per heavy atom. The molecule has 11 aromatic carbocycles. The largest absolute Gasteiger partial charge is 0.458 e. The molecule has 0 aliphatic rings. The Morgan fingerprint density at radius 2 is 0.797 bits per heavy atom. The van der Waals surface area contributed by atoms with Crippen LogP contribution in [0, 0.1) is 6.33 Å². The maximum absolute atomic E-state index is 6.68. The highest BCUT2D eigenvalue weighted by atomic mass is 16.5. The topological polar surface area (TPSA) is 30.9 Å². The van der Waals surface area contributed by atoms with E-state index in [0.717, 1.165) is 117 Å². The highest BCUT2D eigenvalue weighted by Crippen LogP contribution is 2.41. The summed E-state index contributed by atoms with van der Waals surface area (Å²) in [6.07, 6.45) is 3.93. The standard InChI is InChI=1S/C70H47N3O/c1-5-20-49(21-6-1)55-40-56(50-22-7-2-8-23-50)43-59(42-55)64-33-19-34-65(60-44-57(51-24-9-3-10-25-51)41-58(45-60)52-26-11-4-12-27-52)70(64)73-48-72(68-36-15-16-37-69(68)73)61-30-18-32-63(47-61)74-62-31-17-29-54(46-62)67-39-38-53-28-13-14-35-66(53)71-67/h1-47H. The van der Waals surface area contributed by atoms with Gasteiger partial charge in [0, 0.05) is 10.9 Å². The van der Waals surface area contributed by atoms with E-state index in [4.69, 9.17) is 9.72 Å². The zero-order valence-electron chi connectivity index (χ0n) is 40.4. The highest BCUT2D eigenvalue weighted by molar-refractivity contribution is 5.91. The number of rotatable bonds is 11. The van der Waals surface area contributed by atoms with Crippen molar-refractivity contribution >= 4 is 21.9 Å². The van der Waals surface area contributed by atoms with Gasteiger partial charge in [0.1, 0.15) is 11.5 Å². The summed E-state index contributed by atoms with van der Waals surface area (Å²) in [7, 11) is 0. The lowest BCUT2D eigenvalue weighted by Crippen LogP contribution is -2.31. The molecule has 0 N–H and O–H groups in total. The number of benzene rings is 11. The molecule has 0 bridgehead atoms. The van der Waals surface area contributed by atoms with E-state index >= 15 is 0 Å². The first kappa shape index (κ1) is 44.1. The molecule has 0 saturated carbocycles. The SMILES string of the molecule is [c-]1n(-c2cccc(Oc3cccc(-c4ccc5ccccc5n4)c3)c2)c2ccccc2[n+]1-c1c(-c2cc(-c3ccccc3)cc(-c3ccccc3)c2)cccc1-c1cc(-c2ccccc2)cc(-c2ccccc2)c1. The Hall–Kier alpha value is -9.90. The van der Waals surface area contributed by atoms with Gasteiger partial charge in [-0.2, -0.15) is 0 Å². The minimum absolute atomic E-state index is 0.710. The van der Waals surface area contributed by atoms with E-state index in [9.17, 15) is 0 Å². The normalized spacial score (nSPS) is 11.2. The summed E-state index contributed by atoms with van der Waals surface area (Å²) < 4.78 is 11.1. The van der Waals surface area contributed by atoms with E-state index < -0.39 is 0 Å². The van der Waals surface area contributed by atoms with Crippen molar-refractivity contribution in [3.05, 3.63) is 291 Å². The van der Waals surface area contributed by atoms with Crippen molar-refractivity contribution in [1.82, 2.24) is 9.55 Å². The number of hydrogen-bond acceptors (Lipinski definition) is 2. The van der Waals surface area contributed by atoms with E-state index in [1.807, 2.05) is 42.5 Å². The van der Waals surface area contributed by atoms with Gasteiger partial charge in [0.15, 0.2) is 0 Å². The van der Waals surface area contributed by atoms with E-state index in [2.05, 4.69) is 258 Å². The predicted molar refractivity (Wildman–Crippen MR) is 304 cm³/mol. The molecule has 2 aromatic heterocycles. The summed E-state index contributed by atoms with van der Waals surface area (Å²) in [4.78, 5) is 4.96. The van der Waals surface area contributed by atoms with Gasteiger partial charge in [0.2, 0.25) is 0 Å². The second-order valence-corrected chi connectivity index (χ2v) is 18.5. The van der Waals surface area contributed by atoms with Crippen LogP contribution in [-0.4, -0.2) is 9.55 Å². The number of imidazole rings is 1. The van der Waals surface area contributed by atoms with Gasteiger partial charge in [-0.15, -0.1) is 0 Å². The van der Waals surface area contributed by atoms with E-state index in [-0.39, 0.29) is 0 Å². The van der Waals surface area contributed by atoms with Crippen LogP contribution < -0.4 is 9.30 Å². The summed E-state index contributed by atoms with van der Waals surface area (Å²) in [5.74, 6) is 1.44. The predicted octanol–water partition coefficient (Wildman–Crippen LogP) is 17.7. The van der Waals surface area contributed by atoms with Crippen molar-refractivity contribution in [1.29, 1.82) is 0 Å². The first-order chi connectivity index (χ1) is 36.6. The second-order valence-electron chi connectivity index (χ2n) is 18.5. The molecule has 0 spiro atoms. The van der Waals surface area contributed by atoms with Crippen LogP contribution in [0.25, 0.3) is 111 Å². The van der Waals surface area contributed by atoms with Gasteiger partial charge >= 0.3 is 0 Å². The number of nitrogens with zero attached hydrogens (tertiary/aromatic N) is 3. The van der Waals surface area contributed by atoms with Crippen LogP contribution in [-0.2, 0) is 0 Å². The Kier molecular flexibility index (Phi) is 11.5. The maximum atomic E-state index is 6.68. The van der Waals surface area contributed by atoms with E-state index in [1.54, 1.807) is 0 Å². The number of ether oxygens (including phenoxy) is 1. The number of pyridine rings is 1. The fraction of sp³-hybridized carbons (Fsp3) is 0. The molecule has 13 rings (SSSR count). The minimum atomic E-state index is 0.710. The van der Waals surface area contributed by atoms with Crippen molar-refractivity contribution in [3.63, 3.8) is 0 Å². The molecule has 0 radical (unpaired) electrons. The Bertz CT molecular complexity index is 3890. The van der Waals surface area contributed by atoms with Crippen LogP contribution >= 0.6 is 0 Å². The average Bonchev–Trinajstić information content (AvgIpc) is 3.87. The average molecular weight is 946 g/mol. The third-order valence-electron chi connectivity index (χ3n) is 13.8. The fourth-order valence-electron chi connectivity index (χ4n) is 10.2. The van der Waals surface area contributed by atoms with Crippen molar-refractivity contribution < 1.29 is 9.30 Å². The zero-order chi connectivity index (χ0) is 49.2. The van der Waals surface area contributed by atoms with Crippen molar-refractivity contribution in [3.8, 4) is 101 Å². The van der Waals surface area contributed by atoms with Gasteiger partial charge in [0.25, 0.3) is 6.33 Å². The lowest BCUT2D eigenvalue weighted by atomic mass is 9.89. The monoisotopic (exact) mass is 945 g/mol. The van der Waals surface area contributed by atoms with Crippen LogP contribution in [0.15, 0.2) is 285 Å². The molecule has 0 unspecified atom stereocenters. The third-order valence-corrected chi connectivity index (χ3v) is 13.8. The first-order valence-corrected chi connectivity index (χ1v) is 25.0. The van der Waals surface area contributed by atoms with Gasteiger partial charge in [-0.3, -0.25) is 9.13 Å². The summed E-state index contributed by atoms with van der Waals surface area (Å²) >= 11 is 0. The van der Waals surface area contributed by atoms with Gasteiger partial charge in [-0.05, 0) is 146 Å². The van der Waals surface area contributed by atoms with Crippen LogP contribution in [0.4, 0.5) is 0 Å². The number of fused-ring (bicyclic) bond motifs is 2. The summed E-state index contributed by atoms with van der Waals surface area (Å²) in [5, 5.41) is 1.11. The first-order valence-electron chi connectivity index (χ1n) is 25.0. The molecule has 13 aromatic rings. The molecule has 0 atom stereocenters.